The Balaban J connectivity index is 3.02. The van der Waals surface area contributed by atoms with Crippen LogP contribution in [0.3, 0.4) is 0 Å². The van der Waals surface area contributed by atoms with E-state index in [0.717, 1.165) is 10.8 Å². The summed E-state index contributed by atoms with van der Waals surface area (Å²) in [5.41, 5.74) is 1.13. The quantitative estimate of drug-likeness (QED) is 0.466. The number of benzene rings is 1. The zero-order valence-corrected chi connectivity index (χ0v) is 7.76. The molecule has 11 heavy (non-hydrogen) atoms. The van der Waals surface area contributed by atoms with Crippen LogP contribution in [0, 0.1) is 0 Å². The molecule has 0 aromatic heterocycles. The molecule has 1 rings (SSSR count). The molecule has 0 fully saturated rings. The fraction of sp³-hybridized carbons (Fsp3) is 0.333. The first-order valence-electron chi connectivity index (χ1n) is 3.71. The third-order valence-electron chi connectivity index (χ3n) is 1.68. The Kier molecular flexibility index (Phi) is 2.82. The van der Waals surface area contributed by atoms with Crippen LogP contribution in [0.15, 0.2) is 24.3 Å². The number of rotatable bonds is 2. The van der Waals surface area contributed by atoms with Crippen LogP contribution >= 0.6 is 0 Å². The maximum absolute atomic E-state index is 12.4. The van der Waals surface area contributed by atoms with Crippen LogP contribution < -0.4 is 5.19 Å². The molecule has 0 aliphatic carbocycles. The van der Waals surface area contributed by atoms with Crippen LogP contribution in [0.2, 0.25) is 0 Å². The van der Waals surface area contributed by atoms with E-state index in [1.54, 1.807) is 0 Å². The molecule has 2 heteroatoms. The normalized spacial score (nSPS) is 10.5. The van der Waals surface area contributed by atoms with E-state index in [9.17, 15) is 4.11 Å². The van der Waals surface area contributed by atoms with Gasteiger partial charge in [-0.15, -0.1) is 0 Å². The van der Waals surface area contributed by atoms with Gasteiger partial charge in [0.25, 0.3) is 0 Å². The average molecular weight is 166 g/mol. The van der Waals surface area contributed by atoms with Crippen LogP contribution in [0.1, 0.15) is 25.3 Å². The van der Waals surface area contributed by atoms with Crippen molar-refractivity contribution < 1.29 is 4.11 Å². The summed E-state index contributed by atoms with van der Waals surface area (Å²) in [6.07, 6.45) is 0. The van der Waals surface area contributed by atoms with Gasteiger partial charge in [-0.05, 0) is 16.7 Å². The van der Waals surface area contributed by atoms with Gasteiger partial charge in [0.15, 0.2) is 0 Å². The average Bonchev–Trinajstić information content (AvgIpc) is 2.04. The third kappa shape index (κ3) is 1.90. The van der Waals surface area contributed by atoms with Gasteiger partial charge < -0.3 is 4.11 Å². The molecule has 58 valence electrons. The second kappa shape index (κ2) is 3.67. The molecule has 2 radical (unpaired) electrons. The highest BCUT2D eigenvalue weighted by molar-refractivity contribution is 6.46. The Morgan fingerprint density at radius 3 is 2.36 bits per heavy atom. The lowest BCUT2D eigenvalue weighted by Gasteiger charge is -2.07. The van der Waals surface area contributed by atoms with Crippen molar-refractivity contribution in [3.05, 3.63) is 29.8 Å². The predicted octanol–water partition coefficient (Wildman–Crippen LogP) is 2.02. The largest absolute Gasteiger partial charge is 0.333 e. The van der Waals surface area contributed by atoms with E-state index >= 15 is 0 Å². The summed E-state index contributed by atoms with van der Waals surface area (Å²) >= 11 is 0. The Labute approximate surface area is 69.4 Å². The summed E-state index contributed by atoms with van der Waals surface area (Å²) in [7, 11) is -0.578. The number of halogens is 1. The zero-order valence-electron chi connectivity index (χ0n) is 6.76. The van der Waals surface area contributed by atoms with Crippen molar-refractivity contribution in [2.75, 3.05) is 0 Å². The van der Waals surface area contributed by atoms with Crippen molar-refractivity contribution in [3.8, 4) is 0 Å². The smallest absolute Gasteiger partial charge is 0.308 e. The van der Waals surface area contributed by atoms with Crippen molar-refractivity contribution in [3.63, 3.8) is 0 Å². The van der Waals surface area contributed by atoms with E-state index in [1.807, 2.05) is 24.3 Å². The van der Waals surface area contributed by atoms with Gasteiger partial charge in [-0.2, -0.15) is 0 Å². The van der Waals surface area contributed by atoms with Crippen LogP contribution in [0.5, 0.6) is 0 Å². The zero-order chi connectivity index (χ0) is 8.27. The molecular weight excluding hydrogens is 155 g/mol. The van der Waals surface area contributed by atoms with E-state index in [1.165, 1.54) is 0 Å². The van der Waals surface area contributed by atoms with Crippen molar-refractivity contribution in [2.24, 2.45) is 0 Å². The molecule has 0 heterocycles. The van der Waals surface area contributed by atoms with Gasteiger partial charge in [-0.1, -0.05) is 38.1 Å². The molecule has 0 saturated carbocycles. The predicted molar refractivity (Wildman–Crippen MR) is 47.0 cm³/mol. The van der Waals surface area contributed by atoms with Crippen LogP contribution in [-0.4, -0.2) is 9.85 Å². The summed E-state index contributed by atoms with van der Waals surface area (Å²) in [5.74, 6) is 0.425. The van der Waals surface area contributed by atoms with Crippen LogP contribution in [0.4, 0.5) is 4.11 Å². The van der Waals surface area contributed by atoms with Crippen molar-refractivity contribution in [2.45, 2.75) is 19.8 Å². The molecule has 0 aliphatic rings. The second-order valence-corrected chi connectivity index (χ2v) is 3.56. The lowest BCUT2D eigenvalue weighted by atomic mass is 10.0. The van der Waals surface area contributed by atoms with E-state index < -0.39 is 9.85 Å². The first-order chi connectivity index (χ1) is 5.25. The first-order valence-corrected chi connectivity index (χ1v) is 4.59. The van der Waals surface area contributed by atoms with E-state index in [2.05, 4.69) is 13.8 Å². The Morgan fingerprint density at radius 1 is 1.27 bits per heavy atom. The molecule has 0 spiro atoms. The standard InChI is InChI=1S/C9H11FSi/c1-7(2)8-5-3-4-6-9(8)11-10/h3-7H,1-2H3. The van der Waals surface area contributed by atoms with Crippen LogP contribution in [-0.2, 0) is 0 Å². The Morgan fingerprint density at radius 2 is 1.91 bits per heavy atom. The van der Waals surface area contributed by atoms with Crippen molar-refractivity contribution >= 4 is 15.0 Å². The molecule has 0 aliphatic heterocycles. The minimum atomic E-state index is -0.578. The maximum atomic E-state index is 12.4. The maximum Gasteiger partial charge on any atom is 0.333 e. The highest BCUT2D eigenvalue weighted by Crippen LogP contribution is 2.10. The topological polar surface area (TPSA) is 0 Å². The molecule has 0 nitrogen and oxygen atoms in total. The van der Waals surface area contributed by atoms with Crippen molar-refractivity contribution in [1.82, 2.24) is 0 Å². The fourth-order valence-electron chi connectivity index (χ4n) is 1.09. The van der Waals surface area contributed by atoms with Gasteiger partial charge in [-0.25, -0.2) is 0 Å². The number of hydrogen-bond acceptors (Lipinski definition) is 0. The third-order valence-corrected chi connectivity index (χ3v) is 2.34. The second-order valence-electron chi connectivity index (χ2n) is 2.84. The molecule has 0 unspecified atom stereocenters. The molecule has 0 saturated heterocycles. The van der Waals surface area contributed by atoms with Crippen molar-refractivity contribution in [1.29, 1.82) is 0 Å². The molecule has 0 atom stereocenters. The first kappa shape index (κ1) is 8.46. The molecular formula is C9H11FSi. The Hall–Kier alpha value is -0.633. The highest BCUT2D eigenvalue weighted by Gasteiger charge is 2.05. The van der Waals surface area contributed by atoms with Gasteiger partial charge in [0.2, 0.25) is 0 Å². The van der Waals surface area contributed by atoms with E-state index in [0.29, 0.717) is 5.92 Å². The lowest BCUT2D eigenvalue weighted by Crippen LogP contribution is -2.16. The van der Waals surface area contributed by atoms with Crippen LogP contribution in [0.25, 0.3) is 0 Å². The SMILES string of the molecule is CC(C)c1ccccc1[Si]F. The monoisotopic (exact) mass is 166 g/mol. The van der Waals surface area contributed by atoms with Gasteiger partial charge in [0.05, 0.1) is 0 Å². The minimum Gasteiger partial charge on any atom is -0.308 e. The van der Waals surface area contributed by atoms with Gasteiger partial charge in [0.1, 0.15) is 0 Å². The van der Waals surface area contributed by atoms with Gasteiger partial charge in [0, 0.05) is 0 Å². The molecule has 0 amide bonds. The Bertz CT molecular complexity index is 233. The molecule has 0 N–H and O–H groups in total. The number of hydrogen-bond donors (Lipinski definition) is 0. The van der Waals surface area contributed by atoms with Gasteiger partial charge >= 0.3 is 9.85 Å². The van der Waals surface area contributed by atoms with E-state index in [-0.39, 0.29) is 0 Å². The minimum absolute atomic E-state index is 0.425. The lowest BCUT2D eigenvalue weighted by molar-refractivity contribution is 0.857. The fourth-order valence-corrected chi connectivity index (χ4v) is 1.73. The molecule has 1 aromatic carbocycles. The summed E-state index contributed by atoms with van der Waals surface area (Å²) < 4.78 is 12.4. The summed E-state index contributed by atoms with van der Waals surface area (Å²) in [5, 5.41) is 0.850. The highest BCUT2D eigenvalue weighted by atomic mass is 28.3. The molecule has 1 aromatic rings. The van der Waals surface area contributed by atoms with E-state index in [4.69, 9.17) is 0 Å². The summed E-state index contributed by atoms with van der Waals surface area (Å²) in [6.45, 7) is 4.16. The molecule has 0 bridgehead atoms. The summed E-state index contributed by atoms with van der Waals surface area (Å²) in [4.78, 5) is 0. The summed E-state index contributed by atoms with van der Waals surface area (Å²) in [6, 6.07) is 7.69. The van der Waals surface area contributed by atoms with Gasteiger partial charge in [-0.3, -0.25) is 0 Å².